The molecule has 2 heterocycles. The highest BCUT2D eigenvalue weighted by atomic mass is 32.1. The first-order valence-electron chi connectivity index (χ1n) is 14.6. The van der Waals surface area contributed by atoms with Gasteiger partial charge in [0.1, 0.15) is 0 Å². The van der Waals surface area contributed by atoms with E-state index in [9.17, 15) is 0 Å². The molecule has 0 spiro atoms. The van der Waals surface area contributed by atoms with Crippen LogP contribution in [-0.4, -0.2) is 0 Å². The molecule has 0 atom stereocenters. The number of thiophene rings is 2. The van der Waals surface area contributed by atoms with Gasteiger partial charge in [-0.3, -0.25) is 0 Å². The highest BCUT2D eigenvalue weighted by Gasteiger charge is 2.13. The zero-order valence-electron chi connectivity index (χ0n) is 22.8. The molecule has 4 aromatic carbocycles. The second-order valence-corrected chi connectivity index (χ2v) is 13.2. The third-order valence-corrected chi connectivity index (χ3v) is 10.4. The van der Waals surface area contributed by atoms with E-state index in [1.165, 1.54) is 127 Å². The quantitative estimate of drug-likeness (QED) is 0.108. The molecule has 0 amide bonds. The number of unbranched alkanes of at least 4 members (excludes halogenated alkanes) is 6. The number of benzene rings is 4. The number of rotatable bonds is 12. The standard InChI is InChI=1S/C36H38S2/c1-3-5-7-9-11-31-17-19-33(37-31)29-21-25-13-15-27-23-30(24-28-16-14-26(22-29)35(25)36(27)28)34-20-18-32(38-34)12-10-8-6-4-2/h13-24H,3-12H2,1-2H3. The van der Waals surface area contributed by atoms with Crippen LogP contribution >= 0.6 is 22.7 Å². The van der Waals surface area contributed by atoms with Crippen LogP contribution in [0.1, 0.15) is 75.0 Å². The van der Waals surface area contributed by atoms with Crippen LogP contribution in [0, 0.1) is 0 Å². The predicted octanol–water partition coefficient (Wildman–Crippen LogP) is 12.3. The summed E-state index contributed by atoms with van der Waals surface area (Å²) in [5, 5.41) is 8.24. The molecule has 0 unspecified atom stereocenters. The summed E-state index contributed by atoms with van der Waals surface area (Å²) in [5.74, 6) is 0. The van der Waals surface area contributed by atoms with Gasteiger partial charge in [0, 0.05) is 19.5 Å². The lowest BCUT2D eigenvalue weighted by Gasteiger charge is -2.13. The Morgan fingerprint density at radius 1 is 0.447 bits per heavy atom. The summed E-state index contributed by atoms with van der Waals surface area (Å²) in [6.45, 7) is 4.56. The Morgan fingerprint density at radius 2 is 0.842 bits per heavy atom. The Hall–Kier alpha value is -2.68. The summed E-state index contributed by atoms with van der Waals surface area (Å²) in [6.07, 6.45) is 13.0. The van der Waals surface area contributed by atoms with Gasteiger partial charge in [-0.25, -0.2) is 0 Å². The van der Waals surface area contributed by atoms with Crippen molar-refractivity contribution in [2.75, 3.05) is 0 Å². The molecular weight excluding hydrogens is 497 g/mol. The Bertz CT molecular complexity index is 1460. The predicted molar refractivity (Wildman–Crippen MR) is 172 cm³/mol. The van der Waals surface area contributed by atoms with Gasteiger partial charge in [-0.2, -0.15) is 0 Å². The number of hydrogen-bond donors (Lipinski definition) is 0. The maximum atomic E-state index is 2.41. The van der Waals surface area contributed by atoms with Gasteiger partial charge in [-0.15, -0.1) is 22.7 Å². The van der Waals surface area contributed by atoms with E-state index in [2.05, 4.69) is 86.6 Å². The lowest BCUT2D eigenvalue weighted by molar-refractivity contribution is 0.670. The highest BCUT2D eigenvalue weighted by molar-refractivity contribution is 7.15. The van der Waals surface area contributed by atoms with E-state index in [0.717, 1.165) is 0 Å². The van der Waals surface area contributed by atoms with Crippen LogP contribution in [0.5, 0.6) is 0 Å². The van der Waals surface area contributed by atoms with Gasteiger partial charge in [0.2, 0.25) is 0 Å². The molecule has 6 aromatic rings. The summed E-state index contributed by atoms with van der Waals surface area (Å²) in [4.78, 5) is 5.83. The third-order valence-electron chi connectivity index (χ3n) is 7.98. The summed E-state index contributed by atoms with van der Waals surface area (Å²) in [5.41, 5.74) is 2.71. The molecule has 0 bridgehead atoms. The van der Waals surface area contributed by atoms with Gasteiger partial charge in [-0.05, 0) is 118 Å². The van der Waals surface area contributed by atoms with Crippen LogP contribution in [0.4, 0.5) is 0 Å². The summed E-state index contributed by atoms with van der Waals surface area (Å²) >= 11 is 3.95. The Labute approximate surface area is 235 Å². The van der Waals surface area contributed by atoms with Crippen molar-refractivity contribution >= 4 is 55.0 Å². The van der Waals surface area contributed by atoms with Gasteiger partial charge in [0.25, 0.3) is 0 Å². The Balaban J connectivity index is 1.30. The van der Waals surface area contributed by atoms with Gasteiger partial charge >= 0.3 is 0 Å². The highest BCUT2D eigenvalue weighted by Crippen LogP contribution is 2.41. The number of hydrogen-bond acceptors (Lipinski definition) is 2. The fraction of sp³-hybridized carbons (Fsp3) is 0.333. The average Bonchev–Trinajstić information content (AvgIpc) is 3.62. The van der Waals surface area contributed by atoms with Crippen LogP contribution in [0.3, 0.4) is 0 Å². The summed E-state index contributed by atoms with van der Waals surface area (Å²) in [7, 11) is 0. The summed E-state index contributed by atoms with van der Waals surface area (Å²) < 4.78 is 0. The fourth-order valence-corrected chi connectivity index (χ4v) is 7.98. The lowest BCUT2D eigenvalue weighted by Crippen LogP contribution is -1.86. The smallest absolute Gasteiger partial charge is 0.0346 e. The molecule has 6 rings (SSSR count). The molecule has 194 valence electrons. The molecular formula is C36H38S2. The number of aryl methyl sites for hydroxylation is 2. The van der Waals surface area contributed by atoms with Crippen LogP contribution < -0.4 is 0 Å². The van der Waals surface area contributed by atoms with E-state index >= 15 is 0 Å². The van der Waals surface area contributed by atoms with Gasteiger partial charge in [-0.1, -0.05) is 76.6 Å². The topological polar surface area (TPSA) is 0 Å². The second-order valence-electron chi connectivity index (χ2n) is 10.9. The molecule has 0 aliphatic rings. The van der Waals surface area contributed by atoms with Gasteiger partial charge < -0.3 is 0 Å². The first kappa shape index (κ1) is 25.6. The molecule has 0 aliphatic carbocycles. The van der Waals surface area contributed by atoms with Gasteiger partial charge in [0.05, 0.1) is 0 Å². The largest absolute Gasteiger partial charge is 0.140 e. The Kier molecular flexibility index (Phi) is 7.81. The van der Waals surface area contributed by atoms with Crippen molar-refractivity contribution in [1.29, 1.82) is 0 Å². The summed E-state index contributed by atoms with van der Waals surface area (Å²) in [6, 6.07) is 28.3. The fourth-order valence-electron chi connectivity index (χ4n) is 5.91. The lowest BCUT2D eigenvalue weighted by atomic mass is 9.91. The van der Waals surface area contributed by atoms with E-state index in [-0.39, 0.29) is 0 Å². The van der Waals surface area contributed by atoms with Crippen molar-refractivity contribution < 1.29 is 0 Å². The van der Waals surface area contributed by atoms with E-state index in [0.29, 0.717) is 0 Å². The van der Waals surface area contributed by atoms with Crippen LogP contribution in [0.2, 0.25) is 0 Å². The van der Waals surface area contributed by atoms with E-state index in [1.807, 2.05) is 22.7 Å². The first-order valence-corrected chi connectivity index (χ1v) is 16.3. The molecule has 0 saturated carbocycles. The van der Waals surface area contributed by atoms with Crippen molar-refractivity contribution in [1.82, 2.24) is 0 Å². The minimum Gasteiger partial charge on any atom is -0.140 e. The minimum atomic E-state index is 1.21. The molecule has 0 aliphatic heterocycles. The van der Waals surface area contributed by atoms with Crippen molar-refractivity contribution in [3.05, 3.63) is 82.6 Å². The molecule has 0 radical (unpaired) electrons. The zero-order valence-corrected chi connectivity index (χ0v) is 24.4. The first-order chi connectivity index (χ1) is 18.7. The minimum absolute atomic E-state index is 1.21. The van der Waals surface area contributed by atoms with Crippen LogP contribution in [-0.2, 0) is 12.8 Å². The molecule has 0 N–H and O–H groups in total. The molecule has 0 saturated heterocycles. The van der Waals surface area contributed by atoms with Gasteiger partial charge in [0.15, 0.2) is 0 Å². The Morgan fingerprint density at radius 3 is 1.21 bits per heavy atom. The maximum Gasteiger partial charge on any atom is 0.0346 e. The van der Waals surface area contributed by atoms with E-state index in [4.69, 9.17) is 0 Å². The van der Waals surface area contributed by atoms with E-state index in [1.54, 1.807) is 0 Å². The maximum absolute atomic E-state index is 2.41. The monoisotopic (exact) mass is 534 g/mol. The van der Waals surface area contributed by atoms with E-state index < -0.39 is 0 Å². The van der Waals surface area contributed by atoms with Crippen molar-refractivity contribution in [3.8, 4) is 20.9 Å². The molecule has 2 heteroatoms. The van der Waals surface area contributed by atoms with Crippen molar-refractivity contribution in [2.45, 2.75) is 78.1 Å². The average molecular weight is 535 g/mol. The third kappa shape index (κ3) is 5.26. The van der Waals surface area contributed by atoms with Crippen LogP contribution in [0.25, 0.3) is 53.2 Å². The van der Waals surface area contributed by atoms with Crippen LogP contribution in [0.15, 0.2) is 72.8 Å². The molecule has 0 nitrogen and oxygen atoms in total. The zero-order chi connectivity index (χ0) is 25.9. The molecule has 0 fully saturated rings. The van der Waals surface area contributed by atoms with Crippen molar-refractivity contribution in [3.63, 3.8) is 0 Å². The normalized spacial score (nSPS) is 11.9. The van der Waals surface area contributed by atoms with Crippen molar-refractivity contribution in [2.24, 2.45) is 0 Å². The molecule has 38 heavy (non-hydrogen) atoms. The SMILES string of the molecule is CCCCCCc1ccc(-c2cc3ccc4cc(-c5ccc(CCCCCC)s5)cc5ccc(c2)c3c45)s1. The second kappa shape index (κ2) is 11.6. The molecule has 2 aromatic heterocycles.